The number of anilines is 3. The lowest BCUT2D eigenvalue weighted by molar-refractivity contribution is 0.0651. The molecule has 5 rings (SSSR count). The van der Waals surface area contributed by atoms with Gasteiger partial charge in [0.25, 0.3) is 5.91 Å². The van der Waals surface area contributed by atoms with Gasteiger partial charge < -0.3 is 20.1 Å². The van der Waals surface area contributed by atoms with Crippen LogP contribution in [0.4, 0.5) is 22.1 Å². The molecule has 0 spiro atoms. The highest BCUT2D eigenvalue weighted by Gasteiger charge is 2.22. The molecule has 34 heavy (non-hydrogen) atoms. The number of fused-ring (bicyclic) bond motifs is 1. The number of hydrogen-bond acceptors (Lipinski definition) is 6. The number of ether oxygens (including phenoxy) is 1. The highest BCUT2D eigenvalue weighted by Crippen LogP contribution is 2.29. The summed E-state index contributed by atoms with van der Waals surface area (Å²) in [5.41, 5.74) is 4.19. The van der Waals surface area contributed by atoms with Crippen LogP contribution in [0.15, 0.2) is 60.8 Å². The van der Waals surface area contributed by atoms with E-state index in [4.69, 9.17) is 9.84 Å². The van der Waals surface area contributed by atoms with Gasteiger partial charge in [0, 0.05) is 36.1 Å². The summed E-state index contributed by atoms with van der Waals surface area (Å²) >= 11 is 0. The fourth-order valence-corrected chi connectivity index (χ4v) is 3.73. The van der Waals surface area contributed by atoms with Crippen molar-refractivity contribution in [2.75, 3.05) is 30.8 Å². The molecule has 0 bridgehead atoms. The Morgan fingerprint density at radius 3 is 2.47 bits per heavy atom. The molecule has 1 saturated heterocycles. The molecule has 1 fully saturated rings. The van der Waals surface area contributed by atoms with Crippen LogP contribution in [0.3, 0.4) is 0 Å². The van der Waals surface area contributed by atoms with Crippen molar-refractivity contribution in [1.29, 1.82) is 0 Å². The number of rotatable bonds is 6. The SMILES string of the molecule is COc1cc(C(=O)N2CCC2)ccc1Nc1nc2ccc(-c3ccc(NC(=O)O)cc3)cn2n1. The maximum Gasteiger partial charge on any atom is 0.409 e. The number of nitrogens with one attached hydrogen (secondary N) is 2. The molecule has 0 saturated carbocycles. The Hall–Kier alpha value is -4.60. The third kappa shape index (κ3) is 4.20. The van der Waals surface area contributed by atoms with Crippen LogP contribution < -0.4 is 15.4 Å². The Bertz CT molecular complexity index is 1380. The van der Waals surface area contributed by atoms with Crippen LogP contribution in [0.5, 0.6) is 5.75 Å². The quantitative estimate of drug-likeness (QED) is 0.398. The number of carbonyl (C=O) groups is 2. The Morgan fingerprint density at radius 2 is 1.79 bits per heavy atom. The van der Waals surface area contributed by atoms with Gasteiger partial charge in [0.2, 0.25) is 5.95 Å². The Morgan fingerprint density at radius 1 is 1.03 bits per heavy atom. The normalized spacial score (nSPS) is 12.8. The Kier molecular flexibility index (Phi) is 5.46. The number of carboxylic acid groups (broad SMARTS) is 1. The predicted octanol–water partition coefficient (Wildman–Crippen LogP) is 4.08. The predicted molar refractivity (Wildman–Crippen MR) is 127 cm³/mol. The number of pyridine rings is 1. The number of hydrogen-bond donors (Lipinski definition) is 3. The van der Waals surface area contributed by atoms with Gasteiger partial charge in [-0.3, -0.25) is 10.1 Å². The van der Waals surface area contributed by atoms with E-state index in [1.54, 1.807) is 46.9 Å². The van der Waals surface area contributed by atoms with Crippen molar-refractivity contribution < 1.29 is 19.4 Å². The van der Waals surface area contributed by atoms with E-state index < -0.39 is 6.09 Å². The molecule has 1 aliphatic rings. The maximum atomic E-state index is 12.5. The molecule has 2 amide bonds. The van der Waals surface area contributed by atoms with Crippen LogP contribution in [0, 0.1) is 0 Å². The van der Waals surface area contributed by atoms with Gasteiger partial charge in [-0.15, -0.1) is 5.10 Å². The molecule has 1 aliphatic heterocycles. The molecule has 3 heterocycles. The third-order valence-corrected chi connectivity index (χ3v) is 5.64. The van der Waals surface area contributed by atoms with Crippen molar-refractivity contribution in [1.82, 2.24) is 19.5 Å². The number of nitrogens with zero attached hydrogens (tertiary/aromatic N) is 4. The molecule has 4 aromatic rings. The van der Waals surface area contributed by atoms with E-state index in [2.05, 4.69) is 20.7 Å². The van der Waals surface area contributed by atoms with E-state index in [-0.39, 0.29) is 5.91 Å². The van der Waals surface area contributed by atoms with Crippen molar-refractivity contribution in [2.45, 2.75) is 6.42 Å². The van der Waals surface area contributed by atoms with Crippen molar-refractivity contribution >= 4 is 35.0 Å². The first-order valence-electron chi connectivity index (χ1n) is 10.7. The zero-order chi connectivity index (χ0) is 23.7. The van der Waals surface area contributed by atoms with E-state index in [9.17, 15) is 9.59 Å². The smallest absolute Gasteiger partial charge is 0.409 e. The lowest BCUT2D eigenvalue weighted by Gasteiger charge is -2.31. The van der Waals surface area contributed by atoms with Crippen LogP contribution in [0.1, 0.15) is 16.8 Å². The van der Waals surface area contributed by atoms with Crippen LogP contribution in [0.2, 0.25) is 0 Å². The van der Waals surface area contributed by atoms with E-state index >= 15 is 0 Å². The number of carbonyl (C=O) groups excluding carboxylic acids is 1. The molecule has 2 aromatic carbocycles. The average Bonchev–Trinajstić information content (AvgIpc) is 3.19. The van der Waals surface area contributed by atoms with Gasteiger partial charge in [0.15, 0.2) is 5.65 Å². The molecule has 0 radical (unpaired) electrons. The number of amides is 2. The van der Waals surface area contributed by atoms with Crippen molar-refractivity contribution in [3.63, 3.8) is 0 Å². The maximum absolute atomic E-state index is 12.5. The second-order valence-corrected chi connectivity index (χ2v) is 7.85. The largest absolute Gasteiger partial charge is 0.495 e. The van der Waals surface area contributed by atoms with Crippen LogP contribution in [0.25, 0.3) is 16.8 Å². The first kappa shape index (κ1) is 21.3. The van der Waals surface area contributed by atoms with E-state index in [0.717, 1.165) is 30.6 Å². The molecule has 172 valence electrons. The van der Waals surface area contributed by atoms with Gasteiger partial charge >= 0.3 is 6.09 Å². The fraction of sp³-hybridized carbons (Fsp3) is 0.167. The molecule has 2 aromatic heterocycles. The lowest BCUT2D eigenvalue weighted by atomic mass is 10.1. The standard InChI is InChI=1S/C24H22N6O4/c1-34-20-13-16(22(31)29-11-2-12-29)5-9-19(20)26-23-27-21-10-6-17(14-30(21)28-23)15-3-7-18(8-4-15)25-24(32)33/h3-10,13-14,25H,2,11-12H2,1H3,(H,26,28)(H,32,33). The number of likely N-dealkylation sites (tertiary alicyclic amines) is 1. The molecule has 10 heteroatoms. The van der Waals surface area contributed by atoms with E-state index in [0.29, 0.717) is 34.3 Å². The Balaban J connectivity index is 1.36. The third-order valence-electron chi connectivity index (χ3n) is 5.64. The van der Waals surface area contributed by atoms with Crippen molar-refractivity contribution in [3.05, 3.63) is 66.4 Å². The van der Waals surface area contributed by atoms with Gasteiger partial charge in [0.1, 0.15) is 5.75 Å². The number of aromatic nitrogens is 3. The monoisotopic (exact) mass is 458 g/mol. The topological polar surface area (TPSA) is 121 Å². The van der Waals surface area contributed by atoms with Gasteiger partial charge in [-0.2, -0.15) is 4.98 Å². The summed E-state index contributed by atoms with van der Waals surface area (Å²) in [6.07, 6.45) is 1.78. The van der Waals surface area contributed by atoms with Gasteiger partial charge in [-0.1, -0.05) is 12.1 Å². The molecule has 0 atom stereocenters. The lowest BCUT2D eigenvalue weighted by Crippen LogP contribution is -2.42. The summed E-state index contributed by atoms with van der Waals surface area (Å²) in [5, 5.41) is 18.8. The van der Waals surface area contributed by atoms with Crippen molar-refractivity contribution in [3.8, 4) is 16.9 Å². The second kappa shape index (κ2) is 8.74. The molecule has 0 unspecified atom stereocenters. The van der Waals surface area contributed by atoms with Crippen LogP contribution in [-0.4, -0.2) is 56.8 Å². The number of methoxy groups -OCH3 is 1. The van der Waals surface area contributed by atoms with E-state index in [1.807, 2.05) is 30.5 Å². The summed E-state index contributed by atoms with van der Waals surface area (Å²) in [6, 6.07) is 16.1. The van der Waals surface area contributed by atoms with E-state index in [1.165, 1.54) is 0 Å². The highest BCUT2D eigenvalue weighted by atomic mass is 16.5. The fourth-order valence-electron chi connectivity index (χ4n) is 3.73. The van der Waals surface area contributed by atoms with Crippen LogP contribution >= 0.6 is 0 Å². The minimum absolute atomic E-state index is 0.00117. The zero-order valence-corrected chi connectivity index (χ0v) is 18.4. The van der Waals surface area contributed by atoms with Gasteiger partial charge in [-0.05, 0) is 54.4 Å². The first-order valence-corrected chi connectivity index (χ1v) is 10.7. The average molecular weight is 458 g/mol. The van der Waals surface area contributed by atoms with Gasteiger partial charge in [-0.25, -0.2) is 9.31 Å². The highest BCUT2D eigenvalue weighted by molar-refractivity contribution is 5.96. The molecule has 10 nitrogen and oxygen atoms in total. The number of benzene rings is 2. The molecule has 0 aliphatic carbocycles. The minimum atomic E-state index is -1.11. The Labute approximate surface area is 194 Å². The summed E-state index contributed by atoms with van der Waals surface area (Å²) in [7, 11) is 1.55. The molecular weight excluding hydrogens is 436 g/mol. The minimum Gasteiger partial charge on any atom is -0.495 e. The molecule has 3 N–H and O–H groups in total. The summed E-state index contributed by atoms with van der Waals surface area (Å²) in [6.45, 7) is 1.58. The second-order valence-electron chi connectivity index (χ2n) is 7.85. The summed E-state index contributed by atoms with van der Waals surface area (Å²) in [4.78, 5) is 29.6. The summed E-state index contributed by atoms with van der Waals surface area (Å²) in [5.74, 6) is 0.917. The van der Waals surface area contributed by atoms with Crippen LogP contribution in [-0.2, 0) is 0 Å². The van der Waals surface area contributed by atoms with Gasteiger partial charge in [0.05, 0.1) is 12.8 Å². The zero-order valence-electron chi connectivity index (χ0n) is 18.4. The summed E-state index contributed by atoms with van der Waals surface area (Å²) < 4.78 is 7.15. The first-order chi connectivity index (χ1) is 16.5. The molecular formula is C24H22N6O4. The van der Waals surface area contributed by atoms with Crippen molar-refractivity contribution in [2.24, 2.45) is 0 Å².